The highest BCUT2D eigenvalue weighted by Crippen LogP contribution is 2.37. The molecule has 0 aliphatic rings. The van der Waals surface area contributed by atoms with Crippen molar-refractivity contribution in [2.75, 3.05) is 23.4 Å². The van der Waals surface area contributed by atoms with Crippen LogP contribution in [0.5, 0.6) is 5.75 Å². The van der Waals surface area contributed by atoms with Gasteiger partial charge in [-0.1, -0.05) is 6.07 Å². The van der Waals surface area contributed by atoms with Gasteiger partial charge in [0.25, 0.3) is 0 Å². The number of benzene rings is 1. The van der Waals surface area contributed by atoms with Crippen LogP contribution < -0.4 is 15.8 Å². The second-order valence-electron chi connectivity index (χ2n) is 6.23. The Kier molecular flexibility index (Phi) is 7.50. The van der Waals surface area contributed by atoms with E-state index >= 15 is 0 Å². The van der Waals surface area contributed by atoms with Gasteiger partial charge < -0.3 is 15.8 Å². The van der Waals surface area contributed by atoms with Crippen molar-refractivity contribution in [3.05, 3.63) is 52.9 Å². The van der Waals surface area contributed by atoms with Gasteiger partial charge in [0, 0.05) is 28.3 Å². The van der Waals surface area contributed by atoms with Gasteiger partial charge in [-0.15, -0.1) is 23.1 Å². The standard InChI is InChI=1S/C22H19N5O2S2/c1-2-29-15-7-5-14(6-8-15)26-19(28)9-11-31-22-17(13-24)20(18-4-3-10-30-18)16(12-23)21(25)27-22/h3-8,10H,2,9,11H2,1H3,(H2,25,27)(H,26,28). The molecule has 1 aromatic carbocycles. The van der Waals surface area contributed by atoms with Crippen LogP contribution in [-0.2, 0) is 4.79 Å². The number of hydrogen-bond acceptors (Lipinski definition) is 8. The summed E-state index contributed by atoms with van der Waals surface area (Å²) in [7, 11) is 0. The van der Waals surface area contributed by atoms with Crippen LogP contribution in [0.1, 0.15) is 24.5 Å². The van der Waals surface area contributed by atoms with Gasteiger partial charge in [-0.05, 0) is 42.6 Å². The minimum absolute atomic E-state index is 0.0752. The Morgan fingerprint density at radius 3 is 2.58 bits per heavy atom. The quantitative estimate of drug-likeness (QED) is 0.479. The number of carbonyl (C=O) groups is 1. The van der Waals surface area contributed by atoms with Gasteiger partial charge in [-0.2, -0.15) is 10.5 Å². The average Bonchev–Trinajstić information content (AvgIpc) is 3.29. The van der Waals surface area contributed by atoms with Crippen molar-refractivity contribution in [1.82, 2.24) is 4.98 Å². The van der Waals surface area contributed by atoms with E-state index in [-0.39, 0.29) is 23.7 Å². The van der Waals surface area contributed by atoms with Gasteiger partial charge in [-0.3, -0.25) is 4.79 Å². The first-order valence-electron chi connectivity index (χ1n) is 9.40. The number of aromatic nitrogens is 1. The smallest absolute Gasteiger partial charge is 0.225 e. The SMILES string of the molecule is CCOc1ccc(NC(=O)CCSc2nc(N)c(C#N)c(-c3cccs3)c2C#N)cc1. The van der Waals surface area contributed by atoms with Crippen molar-refractivity contribution in [3.8, 4) is 28.3 Å². The van der Waals surface area contributed by atoms with Gasteiger partial charge in [0.1, 0.15) is 34.3 Å². The molecule has 1 amide bonds. The highest BCUT2D eigenvalue weighted by molar-refractivity contribution is 7.99. The summed E-state index contributed by atoms with van der Waals surface area (Å²) >= 11 is 2.68. The molecule has 7 nitrogen and oxygen atoms in total. The lowest BCUT2D eigenvalue weighted by molar-refractivity contribution is -0.115. The summed E-state index contributed by atoms with van der Waals surface area (Å²) < 4.78 is 5.39. The molecule has 9 heteroatoms. The summed E-state index contributed by atoms with van der Waals surface area (Å²) in [5.41, 5.74) is 7.65. The zero-order valence-electron chi connectivity index (χ0n) is 16.7. The van der Waals surface area contributed by atoms with Crippen LogP contribution in [0, 0.1) is 22.7 Å². The van der Waals surface area contributed by atoms with Crippen molar-refractivity contribution in [2.45, 2.75) is 18.4 Å². The molecule has 0 bridgehead atoms. The van der Waals surface area contributed by atoms with Crippen LogP contribution in [0.25, 0.3) is 10.4 Å². The van der Waals surface area contributed by atoms with Crippen LogP contribution in [0.2, 0.25) is 0 Å². The Labute approximate surface area is 188 Å². The minimum Gasteiger partial charge on any atom is -0.494 e. The van der Waals surface area contributed by atoms with Gasteiger partial charge in [0.05, 0.1) is 12.2 Å². The Hall–Kier alpha value is -3.53. The second kappa shape index (κ2) is 10.5. The van der Waals surface area contributed by atoms with Crippen molar-refractivity contribution in [1.29, 1.82) is 10.5 Å². The molecule has 156 valence electrons. The Bertz CT molecular complexity index is 1150. The molecule has 2 aromatic heterocycles. The molecule has 0 aliphatic carbocycles. The maximum absolute atomic E-state index is 12.3. The number of nitrogens with zero attached hydrogens (tertiary/aromatic N) is 3. The number of thiophene rings is 1. The molecule has 31 heavy (non-hydrogen) atoms. The fourth-order valence-corrected chi connectivity index (χ4v) is 4.55. The number of ether oxygens (including phenoxy) is 1. The Balaban J connectivity index is 1.70. The molecule has 0 radical (unpaired) electrons. The lowest BCUT2D eigenvalue weighted by Gasteiger charge is -2.11. The third-order valence-corrected chi connectivity index (χ3v) is 6.06. The number of carbonyl (C=O) groups excluding carboxylic acids is 1. The Morgan fingerprint density at radius 1 is 1.23 bits per heavy atom. The van der Waals surface area contributed by atoms with Crippen molar-refractivity contribution >= 4 is 40.5 Å². The molecule has 0 aliphatic heterocycles. The maximum atomic E-state index is 12.3. The van der Waals surface area contributed by atoms with Crippen molar-refractivity contribution < 1.29 is 9.53 Å². The molecule has 0 spiro atoms. The predicted octanol–water partition coefficient (Wildman–Crippen LogP) is 4.66. The molecule has 0 fully saturated rings. The molecule has 3 aromatic rings. The number of nitrogen functional groups attached to an aromatic ring is 1. The zero-order chi connectivity index (χ0) is 22.2. The molecule has 0 unspecified atom stereocenters. The average molecular weight is 450 g/mol. The number of nitrogens with two attached hydrogens (primary N) is 1. The maximum Gasteiger partial charge on any atom is 0.225 e. The van der Waals surface area contributed by atoms with E-state index in [1.165, 1.54) is 23.1 Å². The highest BCUT2D eigenvalue weighted by atomic mass is 32.2. The monoisotopic (exact) mass is 449 g/mol. The van der Waals surface area contributed by atoms with E-state index in [1.54, 1.807) is 24.3 Å². The lowest BCUT2D eigenvalue weighted by Crippen LogP contribution is -2.12. The fourth-order valence-electron chi connectivity index (χ4n) is 2.83. The lowest BCUT2D eigenvalue weighted by atomic mass is 10.0. The van der Waals surface area contributed by atoms with Crippen LogP contribution in [0.15, 0.2) is 46.8 Å². The fraction of sp³-hybridized carbons (Fsp3) is 0.182. The molecule has 3 N–H and O–H groups in total. The van der Waals surface area contributed by atoms with Crippen LogP contribution >= 0.6 is 23.1 Å². The molecule has 0 saturated heterocycles. The molecular formula is C22H19N5O2S2. The Morgan fingerprint density at radius 2 is 1.97 bits per heavy atom. The second-order valence-corrected chi connectivity index (χ2v) is 8.26. The summed E-state index contributed by atoms with van der Waals surface area (Å²) in [4.78, 5) is 17.3. The topological polar surface area (TPSA) is 125 Å². The van der Waals surface area contributed by atoms with E-state index < -0.39 is 0 Å². The summed E-state index contributed by atoms with van der Waals surface area (Å²) in [5, 5.41) is 24.3. The number of thioether (sulfide) groups is 1. The molecule has 0 atom stereocenters. The first kappa shape index (κ1) is 22.2. The largest absolute Gasteiger partial charge is 0.494 e. The molecule has 0 saturated carbocycles. The van der Waals surface area contributed by atoms with Gasteiger partial charge in [0.2, 0.25) is 5.91 Å². The van der Waals surface area contributed by atoms with E-state index in [9.17, 15) is 15.3 Å². The third kappa shape index (κ3) is 5.34. The van der Waals surface area contributed by atoms with Crippen LogP contribution in [-0.4, -0.2) is 23.3 Å². The van der Waals surface area contributed by atoms with Gasteiger partial charge in [0.15, 0.2) is 0 Å². The number of nitrogens with one attached hydrogen (secondary N) is 1. The number of pyridine rings is 1. The van der Waals surface area contributed by atoms with E-state index in [0.29, 0.717) is 34.2 Å². The molecular weight excluding hydrogens is 430 g/mol. The van der Waals surface area contributed by atoms with Gasteiger partial charge >= 0.3 is 0 Å². The first-order valence-corrected chi connectivity index (χ1v) is 11.3. The number of rotatable bonds is 8. The van der Waals surface area contributed by atoms with Crippen LogP contribution in [0.3, 0.4) is 0 Å². The number of nitriles is 2. The molecule has 3 rings (SSSR count). The van der Waals surface area contributed by atoms with E-state index in [0.717, 1.165) is 10.6 Å². The predicted molar refractivity (Wildman–Crippen MR) is 123 cm³/mol. The van der Waals surface area contributed by atoms with Crippen molar-refractivity contribution in [3.63, 3.8) is 0 Å². The van der Waals surface area contributed by atoms with Gasteiger partial charge in [-0.25, -0.2) is 4.98 Å². The minimum atomic E-state index is -0.157. The number of amides is 1. The number of hydrogen-bond donors (Lipinski definition) is 2. The summed E-state index contributed by atoms with van der Waals surface area (Å²) in [6.07, 6.45) is 0.221. The first-order chi connectivity index (χ1) is 15.1. The van der Waals surface area contributed by atoms with E-state index in [4.69, 9.17) is 10.5 Å². The zero-order valence-corrected chi connectivity index (χ0v) is 18.3. The summed E-state index contributed by atoms with van der Waals surface area (Å²) in [6.45, 7) is 2.49. The normalized spacial score (nSPS) is 10.2. The summed E-state index contributed by atoms with van der Waals surface area (Å²) in [5.74, 6) is 1.06. The third-order valence-electron chi connectivity index (χ3n) is 4.20. The summed E-state index contributed by atoms with van der Waals surface area (Å²) in [6, 6.07) is 15.0. The molecule has 2 heterocycles. The van der Waals surface area contributed by atoms with Crippen LogP contribution in [0.4, 0.5) is 11.5 Å². The highest BCUT2D eigenvalue weighted by Gasteiger charge is 2.21. The number of anilines is 2. The van der Waals surface area contributed by atoms with E-state index in [2.05, 4.69) is 22.4 Å². The van der Waals surface area contributed by atoms with Crippen molar-refractivity contribution in [2.24, 2.45) is 0 Å². The van der Waals surface area contributed by atoms with E-state index in [1.807, 2.05) is 24.4 Å².